The standard InChI is InChI=1S/C11H10F4O2/c1-6(2)17-7-3-4-9(12)8(5-7)10(16)11(13,14)15/h3-6H,1-2H3. The number of rotatable bonds is 3. The van der Waals surface area contributed by atoms with E-state index in [1.165, 1.54) is 6.07 Å². The van der Waals surface area contributed by atoms with Crippen molar-refractivity contribution in [2.24, 2.45) is 0 Å². The smallest absolute Gasteiger partial charge is 0.454 e. The van der Waals surface area contributed by atoms with Crippen molar-refractivity contribution < 1.29 is 27.1 Å². The maximum Gasteiger partial charge on any atom is 0.454 e. The van der Waals surface area contributed by atoms with Crippen LogP contribution in [0.3, 0.4) is 0 Å². The van der Waals surface area contributed by atoms with Crippen LogP contribution in [-0.2, 0) is 0 Å². The van der Waals surface area contributed by atoms with E-state index in [-0.39, 0.29) is 11.9 Å². The van der Waals surface area contributed by atoms with Gasteiger partial charge in [0.25, 0.3) is 5.78 Å². The minimum absolute atomic E-state index is 0.0222. The molecule has 0 saturated carbocycles. The van der Waals surface area contributed by atoms with Crippen LogP contribution in [0.1, 0.15) is 24.2 Å². The third-order valence-corrected chi connectivity index (χ3v) is 1.81. The third kappa shape index (κ3) is 3.44. The second-order valence-electron chi connectivity index (χ2n) is 3.64. The fourth-order valence-electron chi connectivity index (χ4n) is 1.18. The van der Waals surface area contributed by atoms with E-state index in [9.17, 15) is 22.4 Å². The Morgan fingerprint density at radius 1 is 1.29 bits per heavy atom. The van der Waals surface area contributed by atoms with Gasteiger partial charge in [-0.1, -0.05) is 0 Å². The molecule has 0 bridgehead atoms. The highest BCUT2D eigenvalue weighted by Gasteiger charge is 2.40. The maximum absolute atomic E-state index is 13.1. The Morgan fingerprint density at radius 3 is 2.35 bits per heavy atom. The van der Waals surface area contributed by atoms with Crippen LogP contribution in [0.2, 0.25) is 0 Å². The second-order valence-corrected chi connectivity index (χ2v) is 3.64. The fraction of sp³-hybridized carbons (Fsp3) is 0.364. The van der Waals surface area contributed by atoms with Gasteiger partial charge in [0.05, 0.1) is 11.7 Å². The number of alkyl halides is 3. The minimum atomic E-state index is -5.10. The lowest BCUT2D eigenvalue weighted by atomic mass is 10.1. The summed E-state index contributed by atoms with van der Waals surface area (Å²) in [6, 6.07) is 2.70. The Labute approximate surface area is 95.2 Å². The molecule has 0 fully saturated rings. The van der Waals surface area contributed by atoms with E-state index in [1.54, 1.807) is 13.8 Å². The molecular formula is C11H10F4O2. The first-order valence-corrected chi connectivity index (χ1v) is 4.79. The predicted octanol–water partition coefficient (Wildman–Crippen LogP) is 3.36. The lowest BCUT2D eigenvalue weighted by Crippen LogP contribution is -2.24. The number of carbonyl (C=O) groups excluding carboxylic acids is 1. The number of hydrogen-bond donors (Lipinski definition) is 0. The number of Topliss-reactive ketones (excluding diaryl/α,β-unsaturated/α-hetero) is 1. The van der Waals surface area contributed by atoms with Crippen molar-refractivity contribution in [1.29, 1.82) is 0 Å². The van der Waals surface area contributed by atoms with Crippen LogP contribution in [0.15, 0.2) is 18.2 Å². The van der Waals surface area contributed by atoms with Crippen LogP contribution in [0.4, 0.5) is 17.6 Å². The van der Waals surface area contributed by atoms with Gasteiger partial charge in [-0.2, -0.15) is 13.2 Å². The summed E-state index contributed by atoms with van der Waals surface area (Å²) in [5.41, 5.74) is -1.03. The van der Waals surface area contributed by atoms with Crippen LogP contribution in [0.25, 0.3) is 0 Å². The molecule has 6 heteroatoms. The first-order valence-electron chi connectivity index (χ1n) is 4.79. The first kappa shape index (κ1) is 13.5. The number of carbonyl (C=O) groups is 1. The van der Waals surface area contributed by atoms with Crippen molar-refractivity contribution in [3.8, 4) is 5.75 Å². The zero-order valence-electron chi connectivity index (χ0n) is 9.14. The molecule has 0 atom stereocenters. The molecule has 1 rings (SSSR count). The molecule has 0 aliphatic heterocycles. The molecule has 0 saturated heterocycles. The van der Waals surface area contributed by atoms with Gasteiger partial charge in [-0.05, 0) is 32.0 Å². The molecule has 0 N–H and O–H groups in total. The molecule has 17 heavy (non-hydrogen) atoms. The fourth-order valence-corrected chi connectivity index (χ4v) is 1.18. The van der Waals surface area contributed by atoms with Crippen LogP contribution >= 0.6 is 0 Å². The molecule has 1 aromatic rings. The normalized spacial score (nSPS) is 11.7. The van der Waals surface area contributed by atoms with Crippen molar-refractivity contribution in [3.05, 3.63) is 29.6 Å². The van der Waals surface area contributed by atoms with Crippen molar-refractivity contribution >= 4 is 5.78 Å². The maximum atomic E-state index is 13.1. The van der Waals surface area contributed by atoms with E-state index in [0.29, 0.717) is 0 Å². The topological polar surface area (TPSA) is 26.3 Å². The van der Waals surface area contributed by atoms with Crippen molar-refractivity contribution in [3.63, 3.8) is 0 Å². The predicted molar refractivity (Wildman–Crippen MR) is 52.5 cm³/mol. The molecule has 0 aromatic heterocycles. The van der Waals surface area contributed by atoms with Crippen LogP contribution in [0.5, 0.6) is 5.75 Å². The van der Waals surface area contributed by atoms with Gasteiger partial charge in [0.2, 0.25) is 0 Å². The highest BCUT2D eigenvalue weighted by Crippen LogP contribution is 2.26. The Kier molecular flexibility index (Phi) is 3.75. The molecule has 0 aliphatic rings. The number of halogens is 4. The lowest BCUT2D eigenvalue weighted by molar-refractivity contribution is -0.0887. The Bertz CT molecular complexity index is 424. The van der Waals surface area contributed by atoms with Crippen LogP contribution < -0.4 is 4.74 Å². The lowest BCUT2D eigenvalue weighted by Gasteiger charge is -2.12. The average molecular weight is 250 g/mol. The number of benzene rings is 1. The zero-order chi connectivity index (χ0) is 13.2. The van der Waals surface area contributed by atoms with Gasteiger partial charge in [0, 0.05) is 0 Å². The SMILES string of the molecule is CC(C)Oc1ccc(F)c(C(=O)C(F)(F)F)c1. The van der Waals surface area contributed by atoms with Gasteiger partial charge >= 0.3 is 6.18 Å². The summed E-state index contributed by atoms with van der Waals surface area (Å²) >= 11 is 0. The summed E-state index contributed by atoms with van der Waals surface area (Å²) in [6.07, 6.45) is -5.38. The molecule has 0 amide bonds. The monoisotopic (exact) mass is 250 g/mol. The largest absolute Gasteiger partial charge is 0.491 e. The zero-order valence-corrected chi connectivity index (χ0v) is 9.14. The second kappa shape index (κ2) is 4.73. The average Bonchev–Trinajstić information content (AvgIpc) is 2.18. The summed E-state index contributed by atoms with van der Waals surface area (Å²) in [5.74, 6) is -3.42. The Hall–Kier alpha value is -1.59. The molecule has 0 spiro atoms. The van der Waals surface area contributed by atoms with E-state index in [4.69, 9.17) is 4.74 Å². The Morgan fingerprint density at radius 2 is 1.88 bits per heavy atom. The van der Waals surface area contributed by atoms with E-state index in [2.05, 4.69) is 0 Å². The molecule has 1 aromatic carbocycles. The van der Waals surface area contributed by atoms with Gasteiger partial charge in [-0.15, -0.1) is 0 Å². The summed E-state index contributed by atoms with van der Waals surface area (Å²) < 4.78 is 54.7. The molecular weight excluding hydrogens is 240 g/mol. The Balaban J connectivity index is 3.11. The van der Waals surface area contributed by atoms with E-state index in [0.717, 1.165) is 12.1 Å². The molecule has 0 unspecified atom stereocenters. The molecule has 0 aliphatic carbocycles. The number of ketones is 1. The highest BCUT2D eigenvalue weighted by atomic mass is 19.4. The van der Waals surface area contributed by atoms with E-state index >= 15 is 0 Å². The molecule has 94 valence electrons. The highest BCUT2D eigenvalue weighted by molar-refractivity contribution is 6.00. The van der Waals surface area contributed by atoms with Gasteiger partial charge < -0.3 is 4.74 Å². The summed E-state index contributed by atoms with van der Waals surface area (Å²) in [4.78, 5) is 10.9. The third-order valence-electron chi connectivity index (χ3n) is 1.81. The molecule has 0 heterocycles. The summed E-state index contributed by atoms with van der Waals surface area (Å²) in [7, 11) is 0. The molecule has 0 radical (unpaired) electrons. The number of hydrogen-bond acceptors (Lipinski definition) is 2. The van der Waals surface area contributed by atoms with Gasteiger partial charge in [0.15, 0.2) is 0 Å². The minimum Gasteiger partial charge on any atom is -0.491 e. The van der Waals surface area contributed by atoms with Crippen molar-refractivity contribution in [2.75, 3.05) is 0 Å². The summed E-state index contributed by atoms with van der Waals surface area (Å²) in [6.45, 7) is 3.32. The quantitative estimate of drug-likeness (QED) is 0.607. The van der Waals surface area contributed by atoms with Gasteiger partial charge in [0.1, 0.15) is 11.6 Å². The first-order chi connectivity index (χ1) is 7.71. The number of ether oxygens (including phenoxy) is 1. The van der Waals surface area contributed by atoms with Crippen molar-refractivity contribution in [2.45, 2.75) is 26.1 Å². The van der Waals surface area contributed by atoms with Crippen LogP contribution in [-0.4, -0.2) is 18.1 Å². The van der Waals surface area contributed by atoms with Crippen LogP contribution in [0, 0.1) is 5.82 Å². The van der Waals surface area contributed by atoms with Gasteiger partial charge in [-0.25, -0.2) is 4.39 Å². The van der Waals surface area contributed by atoms with E-state index < -0.39 is 23.3 Å². The van der Waals surface area contributed by atoms with Gasteiger partial charge in [-0.3, -0.25) is 4.79 Å². The summed E-state index contributed by atoms with van der Waals surface area (Å²) in [5, 5.41) is 0. The van der Waals surface area contributed by atoms with E-state index in [1.807, 2.05) is 0 Å². The van der Waals surface area contributed by atoms with Crippen molar-refractivity contribution in [1.82, 2.24) is 0 Å². The molecule has 2 nitrogen and oxygen atoms in total.